The number of aromatic nitrogens is 3. The molecule has 8 heteroatoms. The van der Waals surface area contributed by atoms with Crippen LogP contribution in [-0.2, 0) is 0 Å². The predicted octanol–water partition coefficient (Wildman–Crippen LogP) is 3.87. The number of fused-ring (bicyclic) bond motifs is 1. The van der Waals surface area contributed by atoms with Crippen LogP contribution in [0.3, 0.4) is 0 Å². The van der Waals surface area contributed by atoms with Crippen molar-refractivity contribution >= 4 is 11.6 Å². The number of hydrogen-bond acceptors (Lipinski definition) is 4. The van der Waals surface area contributed by atoms with Crippen LogP contribution in [0.5, 0.6) is 5.75 Å². The van der Waals surface area contributed by atoms with Gasteiger partial charge in [0.2, 0.25) is 0 Å². The van der Waals surface area contributed by atoms with Crippen LogP contribution in [0, 0.1) is 12.3 Å². The average molecular weight is 398 g/mol. The van der Waals surface area contributed by atoms with Crippen molar-refractivity contribution in [1.29, 1.82) is 0 Å². The van der Waals surface area contributed by atoms with Gasteiger partial charge in [0.25, 0.3) is 12.3 Å². The zero-order valence-electron chi connectivity index (χ0n) is 16.2. The van der Waals surface area contributed by atoms with E-state index >= 15 is 0 Å². The van der Waals surface area contributed by atoms with Gasteiger partial charge in [0.05, 0.1) is 24.5 Å². The molecule has 1 amide bonds. The fraction of sp³-hybridized carbons (Fsp3) is 0.286. The summed E-state index contributed by atoms with van der Waals surface area (Å²) in [4.78, 5) is 17.2. The largest absolute Gasteiger partial charge is 0.496 e. The number of halogens is 2. The summed E-state index contributed by atoms with van der Waals surface area (Å²) in [5.41, 5.74) is -0.429. The number of alkyl halides is 2. The standard InChI is InChI=1S/C21H20F2N4O2/c1-5-21(3,6-2)26-20(28)14-12-24-27-16(18(22)23)11-15(25-19(14)27)13-9-7-8-10-17(13)29-4/h1,7-12,18H,6H2,2-4H3,(H,26,28)/t21-/m1/s1. The fourth-order valence-electron chi connectivity index (χ4n) is 2.84. The lowest BCUT2D eigenvalue weighted by molar-refractivity contribution is 0.0925. The van der Waals surface area contributed by atoms with Gasteiger partial charge < -0.3 is 10.1 Å². The minimum Gasteiger partial charge on any atom is -0.496 e. The topological polar surface area (TPSA) is 68.5 Å². The molecule has 0 saturated carbocycles. The first-order chi connectivity index (χ1) is 13.8. The van der Waals surface area contributed by atoms with E-state index in [9.17, 15) is 13.6 Å². The number of carbonyl (C=O) groups is 1. The monoisotopic (exact) mass is 398 g/mol. The van der Waals surface area contributed by atoms with Gasteiger partial charge in [-0.3, -0.25) is 4.79 Å². The van der Waals surface area contributed by atoms with Crippen LogP contribution in [0.1, 0.15) is 42.7 Å². The molecule has 6 nitrogen and oxygen atoms in total. The van der Waals surface area contributed by atoms with Crippen LogP contribution >= 0.6 is 0 Å². The highest BCUT2D eigenvalue weighted by Crippen LogP contribution is 2.32. The summed E-state index contributed by atoms with van der Waals surface area (Å²) >= 11 is 0. The van der Waals surface area contributed by atoms with Crippen molar-refractivity contribution in [2.24, 2.45) is 0 Å². The van der Waals surface area contributed by atoms with Gasteiger partial charge in [0, 0.05) is 5.56 Å². The zero-order valence-corrected chi connectivity index (χ0v) is 16.2. The lowest BCUT2D eigenvalue weighted by Crippen LogP contribution is -2.44. The maximum atomic E-state index is 13.7. The molecular formula is C21H20F2N4O2. The van der Waals surface area contributed by atoms with Gasteiger partial charge in [-0.25, -0.2) is 18.3 Å². The van der Waals surface area contributed by atoms with Gasteiger partial charge in [-0.05, 0) is 31.5 Å². The van der Waals surface area contributed by atoms with Gasteiger partial charge in [-0.15, -0.1) is 6.42 Å². The SMILES string of the molecule is C#C[C@](C)(CC)NC(=O)c1cnn2c(C(F)F)cc(-c3ccccc3OC)nc12. The molecule has 2 heterocycles. The van der Waals surface area contributed by atoms with Crippen LogP contribution in [-0.4, -0.2) is 33.2 Å². The number of methoxy groups -OCH3 is 1. The van der Waals surface area contributed by atoms with E-state index in [0.29, 0.717) is 17.7 Å². The molecule has 2 aromatic heterocycles. The molecule has 3 rings (SSSR count). The summed E-state index contributed by atoms with van der Waals surface area (Å²) in [6.07, 6.45) is 4.40. The lowest BCUT2D eigenvalue weighted by atomic mass is 10.00. The number of para-hydroxylation sites is 1. The van der Waals surface area contributed by atoms with E-state index in [2.05, 4.69) is 21.3 Å². The highest BCUT2D eigenvalue weighted by atomic mass is 19.3. The predicted molar refractivity (Wildman–Crippen MR) is 105 cm³/mol. The Morgan fingerprint density at radius 1 is 1.41 bits per heavy atom. The first kappa shape index (κ1) is 20.3. The first-order valence-corrected chi connectivity index (χ1v) is 8.94. The second-order valence-corrected chi connectivity index (χ2v) is 6.65. The zero-order chi connectivity index (χ0) is 21.2. The second kappa shape index (κ2) is 7.87. The smallest absolute Gasteiger partial charge is 0.280 e. The van der Waals surface area contributed by atoms with E-state index in [0.717, 1.165) is 4.52 Å². The Morgan fingerprint density at radius 2 is 2.14 bits per heavy atom. The van der Waals surface area contributed by atoms with Crippen LogP contribution in [0.25, 0.3) is 16.9 Å². The Bertz CT molecular complexity index is 1100. The van der Waals surface area contributed by atoms with E-state index in [1.165, 1.54) is 19.4 Å². The molecule has 1 N–H and O–H groups in total. The molecule has 0 unspecified atom stereocenters. The summed E-state index contributed by atoms with van der Waals surface area (Å²) in [6, 6.07) is 8.15. The number of nitrogens with one attached hydrogen (secondary N) is 1. The van der Waals surface area contributed by atoms with Crippen molar-refractivity contribution in [3.63, 3.8) is 0 Å². The minimum absolute atomic E-state index is 0.0108. The number of ether oxygens (including phenoxy) is 1. The molecular weight excluding hydrogens is 378 g/mol. The van der Waals surface area contributed by atoms with Crippen LogP contribution < -0.4 is 10.1 Å². The summed E-state index contributed by atoms with van der Waals surface area (Å²) in [6.45, 7) is 3.54. The summed E-state index contributed by atoms with van der Waals surface area (Å²) in [7, 11) is 1.48. The molecule has 0 aliphatic carbocycles. The number of terminal acetylenes is 1. The van der Waals surface area contributed by atoms with Crippen molar-refractivity contribution in [3.8, 4) is 29.4 Å². The van der Waals surface area contributed by atoms with Crippen LogP contribution in [0.15, 0.2) is 36.5 Å². The van der Waals surface area contributed by atoms with Crippen molar-refractivity contribution < 1.29 is 18.3 Å². The van der Waals surface area contributed by atoms with Crippen LogP contribution in [0.2, 0.25) is 0 Å². The molecule has 0 saturated heterocycles. The van der Waals surface area contributed by atoms with Crippen molar-refractivity contribution in [1.82, 2.24) is 19.9 Å². The number of rotatable bonds is 6. The van der Waals surface area contributed by atoms with Gasteiger partial charge in [-0.2, -0.15) is 5.10 Å². The summed E-state index contributed by atoms with van der Waals surface area (Å²) in [5, 5.41) is 6.69. The number of nitrogens with zero attached hydrogens (tertiary/aromatic N) is 3. The van der Waals surface area contributed by atoms with Gasteiger partial charge in [0.15, 0.2) is 5.65 Å². The van der Waals surface area contributed by atoms with Gasteiger partial charge in [-0.1, -0.05) is 25.0 Å². The van der Waals surface area contributed by atoms with E-state index in [1.54, 1.807) is 31.2 Å². The maximum Gasteiger partial charge on any atom is 0.280 e. The molecule has 1 aromatic carbocycles. The molecule has 0 spiro atoms. The quantitative estimate of drug-likeness (QED) is 0.640. The Kier molecular flexibility index (Phi) is 5.50. The Balaban J connectivity index is 2.19. The Morgan fingerprint density at radius 3 is 2.76 bits per heavy atom. The molecule has 1 atom stereocenters. The fourth-order valence-corrected chi connectivity index (χ4v) is 2.84. The molecule has 3 aromatic rings. The number of amides is 1. The maximum absolute atomic E-state index is 13.7. The molecule has 0 aliphatic rings. The second-order valence-electron chi connectivity index (χ2n) is 6.65. The number of benzene rings is 1. The average Bonchev–Trinajstić information content (AvgIpc) is 3.16. The molecule has 0 fully saturated rings. The minimum atomic E-state index is -2.82. The van der Waals surface area contributed by atoms with Crippen molar-refractivity contribution in [2.75, 3.05) is 7.11 Å². The highest BCUT2D eigenvalue weighted by molar-refractivity contribution is 6.00. The molecule has 29 heavy (non-hydrogen) atoms. The third kappa shape index (κ3) is 3.76. The summed E-state index contributed by atoms with van der Waals surface area (Å²) in [5.74, 6) is 2.47. The van der Waals surface area contributed by atoms with Gasteiger partial charge >= 0.3 is 0 Å². The number of carbonyl (C=O) groups excluding carboxylic acids is 1. The van der Waals surface area contributed by atoms with Gasteiger partial charge in [0.1, 0.15) is 17.0 Å². The Labute approximate surface area is 166 Å². The van der Waals surface area contributed by atoms with Crippen molar-refractivity contribution in [3.05, 3.63) is 47.8 Å². The van der Waals surface area contributed by atoms with Crippen LogP contribution in [0.4, 0.5) is 8.78 Å². The molecule has 0 bridgehead atoms. The third-order valence-electron chi connectivity index (χ3n) is 4.77. The summed E-state index contributed by atoms with van der Waals surface area (Å²) < 4.78 is 33.7. The van der Waals surface area contributed by atoms with Crippen molar-refractivity contribution in [2.45, 2.75) is 32.2 Å². The Hall–Kier alpha value is -3.47. The number of hydrogen-bond donors (Lipinski definition) is 1. The molecule has 150 valence electrons. The lowest BCUT2D eigenvalue weighted by Gasteiger charge is -2.22. The third-order valence-corrected chi connectivity index (χ3v) is 4.77. The first-order valence-electron chi connectivity index (χ1n) is 8.94. The highest BCUT2D eigenvalue weighted by Gasteiger charge is 2.26. The van der Waals surface area contributed by atoms with E-state index < -0.39 is 17.9 Å². The molecule has 0 aliphatic heterocycles. The van der Waals surface area contributed by atoms with E-state index in [1.807, 2.05) is 6.92 Å². The normalized spacial score (nSPS) is 13.1. The van der Waals surface area contributed by atoms with E-state index in [4.69, 9.17) is 11.2 Å². The van der Waals surface area contributed by atoms with E-state index in [-0.39, 0.29) is 22.6 Å². The molecule has 0 radical (unpaired) electrons.